The summed E-state index contributed by atoms with van der Waals surface area (Å²) in [5, 5.41) is 22.6. The fourth-order valence-electron chi connectivity index (χ4n) is 2.03. The van der Waals surface area contributed by atoms with Crippen molar-refractivity contribution in [2.45, 2.75) is 19.8 Å². The average molecular weight is 245 g/mol. The summed E-state index contributed by atoms with van der Waals surface area (Å²) < 4.78 is 0. The summed E-state index contributed by atoms with van der Waals surface area (Å²) >= 11 is 0. The summed E-state index contributed by atoms with van der Waals surface area (Å²) in [6, 6.07) is 8.06. The van der Waals surface area contributed by atoms with E-state index in [1.165, 1.54) is 0 Å². The molecular formula is C14H19N3O. The highest BCUT2D eigenvalue weighted by molar-refractivity contribution is 5.90. The Morgan fingerprint density at radius 1 is 1.33 bits per heavy atom. The van der Waals surface area contributed by atoms with E-state index in [4.69, 9.17) is 5.11 Å². The van der Waals surface area contributed by atoms with Gasteiger partial charge in [-0.05, 0) is 12.3 Å². The van der Waals surface area contributed by atoms with E-state index in [-0.39, 0.29) is 6.61 Å². The highest BCUT2D eigenvalue weighted by atomic mass is 16.3. The summed E-state index contributed by atoms with van der Waals surface area (Å²) in [5.74, 6) is 1.29. The number of nitrogens with zero attached hydrogens (tertiary/aromatic N) is 2. The van der Waals surface area contributed by atoms with E-state index in [1.807, 2.05) is 24.3 Å². The van der Waals surface area contributed by atoms with Crippen LogP contribution in [0.1, 0.15) is 19.8 Å². The van der Waals surface area contributed by atoms with Gasteiger partial charge in [0.1, 0.15) is 0 Å². The van der Waals surface area contributed by atoms with Gasteiger partial charge in [-0.15, -0.1) is 5.10 Å². The van der Waals surface area contributed by atoms with Crippen LogP contribution >= 0.6 is 0 Å². The number of fused-ring (bicyclic) bond motifs is 1. The molecule has 0 spiro atoms. The Balaban J connectivity index is 2.11. The zero-order valence-corrected chi connectivity index (χ0v) is 10.6. The molecule has 2 rings (SSSR count). The molecule has 0 radical (unpaired) electrons. The number of aliphatic hydroxyl groups excluding tert-OH is 1. The smallest absolute Gasteiger partial charge is 0.156 e. The van der Waals surface area contributed by atoms with Crippen LogP contribution in [0, 0.1) is 5.92 Å². The first-order chi connectivity index (χ1) is 8.85. The third kappa shape index (κ3) is 2.96. The number of anilines is 1. The molecule has 4 nitrogen and oxygen atoms in total. The van der Waals surface area contributed by atoms with Gasteiger partial charge in [0, 0.05) is 23.9 Å². The minimum absolute atomic E-state index is 0.238. The number of aromatic nitrogens is 2. The molecule has 0 amide bonds. The zero-order valence-electron chi connectivity index (χ0n) is 10.6. The van der Waals surface area contributed by atoms with E-state index in [9.17, 15) is 0 Å². The summed E-state index contributed by atoms with van der Waals surface area (Å²) in [6.07, 6.45) is 3.64. The normalized spacial score (nSPS) is 12.6. The van der Waals surface area contributed by atoms with E-state index in [2.05, 4.69) is 22.4 Å². The summed E-state index contributed by atoms with van der Waals surface area (Å²) in [7, 11) is 0. The Bertz CT molecular complexity index is 496. The van der Waals surface area contributed by atoms with Crippen molar-refractivity contribution in [1.82, 2.24) is 10.2 Å². The van der Waals surface area contributed by atoms with E-state index in [0.29, 0.717) is 5.92 Å². The molecule has 0 fully saturated rings. The maximum absolute atomic E-state index is 8.98. The van der Waals surface area contributed by atoms with Crippen LogP contribution in [0.25, 0.3) is 10.8 Å². The van der Waals surface area contributed by atoms with Gasteiger partial charge in [-0.25, -0.2) is 0 Å². The average Bonchev–Trinajstić information content (AvgIpc) is 2.43. The molecule has 4 heteroatoms. The standard InChI is InChI=1S/C14H19N3O/c1-2-11(7-8-18)9-15-14-13-6-4-3-5-12(13)10-16-17-14/h3-6,10-11,18H,2,7-9H2,1H3,(H,15,17). The second kappa shape index (κ2) is 6.31. The van der Waals surface area contributed by atoms with Crippen LogP contribution in [0.4, 0.5) is 5.82 Å². The topological polar surface area (TPSA) is 58.0 Å². The van der Waals surface area contributed by atoms with Crippen molar-refractivity contribution >= 4 is 16.6 Å². The molecule has 96 valence electrons. The quantitative estimate of drug-likeness (QED) is 0.820. The molecule has 1 heterocycles. The molecule has 2 aromatic rings. The van der Waals surface area contributed by atoms with Crippen molar-refractivity contribution in [1.29, 1.82) is 0 Å². The largest absolute Gasteiger partial charge is 0.396 e. The Hall–Kier alpha value is -1.68. The maximum Gasteiger partial charge on any atom is 0.156 e. The number of benzene rings is 1. The van der Waals surface area contributed by atoms with E-state index in [1.54, 1.807) is 6.20 Å². The van der Waals surface area contributed by atoms with Crippen LogP contribution in [-0.2, 0) is 0 Å². The molecule has 1 atom stereocenters. The Morgan fingerprint density at radius 2 is 2.17 bits per heavy atom. The molecule has 2 N–H and O–H groups in total. The molecule has 0 aliphatic carbocycles. The molecule has 1 aromatic carbocycles. The molecule has 1 unspecified atom stereocenters. The first kappa shape index (κ1) is 12.8. The predicted octanol–water partition coefficient (Wildman–Crippen LogP) is 2.45. The van der Waals surface area contributed by atoms with Gasteiger partial charge in [-0.3, -0.25) is 0 Å². The lowest BCUT2D eigenvalue weighted by molar-refractivity contribution is 0.258. The van der Waals surface area contributed by atoms with Gasteiger partial charge >= 0.3 is 0 Å². The third-order valence-corrected chi connectivity index (χ3v) is 3.24. The molecule has 18 heavy (non-hydrogen) atoms. The molecule has 0 saturated heterocycles. The van der Waals surface area contributed by atoms with Crippen molar-refractivity contribution in [2.75, 3.05) is 18.5 Å². The van der Waals surface area contributed by atoms with Crippen molar-refractivity contribution in [3.8, 4) is 0 Å². The molecule has 1 aromatic heterocycles. The highest BCUT2D eigenvalue weighted by Gasteiger charge is 2.07. The summed E-state index contributed by atoms with van der Waals surface area (Å²) in [4.78, 5) is 0. The van der Waals surface area contributed by atoms with Crippen LogP contribution in [0.2, 0.25) is 0 Å². The van der Waals surface area contributed by atoms with Gasteiger partial charge in [-0.1, -0.05) is 37.6 Å². The Morgan fingerprint density at radius 3 is 2.94 bits per heavy atom. The van der Waals surface area contributed by atoms with Crippen molar-refractivity contribution in [2.24, 2.45) is 5.92 Å². The number of aliphatic hydroxyl groups is 1. The summed E-state index contributed by atoms with van der Waals surface area (Å²) in [5.41, 5.74) is 0. The lowest BCUT2D eigenvalue weighted by atomic mass is 10.0. The first-order valence-corrected chi connectivity index (χ1v) is 6.40. The van der Waals surface area contributed by atoms with Gasteiger partial charge in [0.25, 0.3) is 0 Å². The molecule has 0 bridgehead atoms. The van der Waals surface area contributed by atoms with E-state index < -0.39 is 0 Å². The predicted molar refractivity (Wildman–Crippen MR) is 73.5 cm³/mol. The van der Waals surface area contributed by atoms with Crippen molar-refractivity contribution < 1.29 is 5.11 Å². The first-order valence-electron chi connectivity index (χ1n) is 6.40. The number of hydrogen-bond acceptors (Lipinski definition) is 4. The van der Waals surface area contributed by atoms with Crippen LogP contribution < -0.4 is 5.32 Å². The summed E-state index contributed by atoms with van der Waals surface area (Å²) in [6.45, 7) is 3.19. The van der Waals surface area contributed by atoms with E-state index in [0.717, 1.165) is 36.0 Å². The molecule has 0 saturated carbocycles. The Kier molecular flexibility index (Phi) is 4.47. The van der Waals surface area contributed by atoms with Crippen LogP contribution in [-0.4, -0.2) is 28.5 Å². The fourth-order valence-corrected chi connectivity index (χ4v) is 2.03. The second-order valence-electron chi connectivity index (χ2n) is 4.45. The van der Waals surface area contributed by atoms with Gasteiger partial charge in [-0.2, -0.15) is 5.10 Å². The van der Waals surface area contributed by atoms with Crippen LogP contribution in [0.15, 0.2) is 30.5 Å². The highest BCUT2D eigenvalue weighted by Crippen LogP contribution is 2.20. The Labute approximate surface area is 107 Å². The van der Waals surface area contributed by atoms with Crippen molar-refractivity contribution in [3.63, 3.8) is 0 Å². The van der Waals surface area contributed by atoms with Crippen LogP contribution in [0.5, 0.6) is 0 Å². The van der Waals surface area contributed by atoms with Gasteiger partial charge in [0.05, 0.1) is 6.20 Å². The van der Waals surface area contributed by atoms with Crippen LogP contribution in [0.3, 0.4) is 0 Å². The number of hydrogen-bond donors (Lipinski definition) is 2. The third-order valence-electron chi connectivity index (χ3n) is 3.24. The van der Waals surface area contributed by atoms with Gasteiger partial charge in [0.2, 0.25) is 0 Å². The van der Waals surface area contributed by atoms with Gasteiger partial charge in [0.15, 0.2) is 5.82 Å². The molecule has 0 aliphatic rings. The van der Waals surface area contributed by atoms with Gasteiger partial charge < -0.3 is 10.4 Å². The number of nitrogens with one attached hydrogen (secondary N) is 1. The lowest BCUT2D eigenvalue weighted by Gasteiger charge is -2.15. The SMILES string of the molecule is CCC(CCO)CNc1nncc2ccccc12. The number of rotatable bonds is 6. The fraction of sp³-hybridized carbons (Fsp3) is 0.429. The zero-order chi connectivity index (χ0) is 12.8. The molecule has 0 aliphatic heterocycles. The maximum atomic E-state index is 8.98. The minimum Gasteiger partial charge on any atom is -0.396 e. The monoisotopic (exact) mass is 245 g/mol. The van der Waals surface area contributed by atoms with Crippen molar-refractivity contribution in [3.05, 3.63) is 30.5 Å². The van der Waals surface area contributed by atoms with E-state index >= 15 is 0 Å². The minimum atomic E-state index is 0.238. The lowest BCUT2D eigenvalue weighted by Crippen LogP contribution is -2.16. The second-order valence-corrected chi connectivity index (χ2v) is 4.45. The molecular weight excluding hydrogens is 226 g/mol.